The molecule has 12 heavy (non-hydrogen) atoms. The van der Waals surface area contributed by atoms with E-state index in [9.17, 15) is 14.9 Å². The highest BCUT2D eigenvalue weighted by Crippen LogP contribution is 2.39. The molecule has 1 aliphatic rings. The molecule has 0 saturated heterocycles. The Morgan fingerprint density at radius 2 is 2.00 bits per heavy atom. The van der Waals surface area contributed by atoms with E-state index in [1.807, 2.05) is 13.8 Å². The lowest BCUT2D eigenvalue weighted by atomic mass is 9.87. The van der Waals surface area contributed by atoms with E-state index in [1.165, 1.54) is 0 Å². The molecule has 0 fully saturated rings. The molecule has 0 amide bonds. The molecule has 0 radical (unpaired) electrons. The molecule has 0 spiro atoms. The van der Waals surface area contributed by atoms with Crippen molar-refractivity contribution in [3.63, 3.8) is 0 Å². The lowest BCUT2D eigenvalue weighted by Crippen LogP contribution is -2.09. The molecule has 0 aromatic heterocycles. The van der Waals surface area contributed by atoms with Crippen molar-refractivity contribution in [1.29, 1.82) is 0 Å². The van der Waals surface area contributed by atoms with Gasteiger partial charge < -0.3 is 0 Å². The van der Waals surface area contributed by atoms with Crippen LogP contribution in [0.2, 0.25) is 0 Å². The van der Waals surface area contributed by atoms with E-state index in [4.69, 9.17) is 0 Å². The van der Waals surface area contributed by atoms with E-state index in [0.717, 1.165) is 0 Å². The lowest BCUT2D eigenvalue weighted by molar-refractivity contribution is -0.419. The van der Waals surface area contributed by atoms with E-state index in [-0.39, 0.29) is 23.3 Å². The summed E-state index contributed by atoms with van der Waals surface area (Å²) in [5, 5.41) is 10.4. The predicted octanol–water partition coefficient (Wildman–Crippen LogP) is 1.54. The van der Waals surface area contributed by atoms with E-state index >= 15 is 0 Å². The Labute approximate surface area is 70.4 Å². The Balaban J connectivity index is 3.20. The van der Waals surface area contributed by atoms with Gasteiger partial charge >= 0.3 is 5.70 Å². The van der Waals surface area contributed by atoms with E-state index in [2.05, 4.69) is 0 Å². The van der Waals surface area contributed by atoms with Crippen molar-refractivity contribution in [3.05, 3.63) is 21.4 Å². The van der Waals surface area contributed by atoms with Crippen LogP contribution in [0.1, 0.15) is 27.2 Å². The SMILES string of the molecule is CC1=C([N+](=O)[O-])C(=O)CC1(C)C. The minimum absolute atomic E-state index is 0.208. The summed E-state index contributed by atoms with van der Waals surface area (Å²) in [6.45, 7) is 5.34. The van der Waals surface area contributed by atoms with Crippen molar-refractivity contribution in [2.75, 3.05) is 0 Å². The van der Waals surface area contributed by atoms with Crippen LogP contribution in [0.5, 0.6) is 0 Å². The molecule has 0 atom stereocenters. The Hall–Kier alpha value is -1.19. The zero-order valence-electron chi connectivity index (χ0n) is 7.38. The number of hydrogen-bond donors (Lipinski definition) is 0. The molecule has 0 aromatic rings. The second-order valence-electron chi connectivity index (χ2n) is 3.71. The minimum Gasteiger partial charge on any atom is -0.287 e. The number of nitrogens with zero attached hydrogens (tertiary/aromatic N) is 1. The van der Waals surface area contributed by atoms with Gasteiger partial charge in [-0.2, -0.15) is 0 Å². The topological polar surface area (TPSA) is 60.2 Å². The van der Waals surface area contributed by atoms with E-state index in [1.54, 1.807) is 6.92 Å². The number of rotatable bonds is 1. The quantitative estimate of drug-likeness (QED) is 0.441. The van der Waals surface area contributed by atoms with Gasteiger partial charge in [-0.1, -0.05) is 13.8 Å². The van der Waals surface area contributed by atoms with Gasteiger partial charge in [-0.15, -0.1) is 0 Å². The molecule has 4 heteroatoms. The fourth-order valence-corrected chi connectivity index (χ4v) is 1.39. The van der Waals surface area contributed by atoms with Crippen LogP contribution in [-0.2, 0) is 4.79 Å². The average molecular weight is 169 g/mol. The summed E-state index contributed by atoms with van der Waals surface area (Å²) in [4.78, 5) is 21.0. The maximum absolute atomic E-state index is 11.1. The first-order valence-electron chi connectivity index (χ1n) is 3.75. The zero-order chi connectivity index (χ0) is 9.52. The average Bonchev–Trinajstić information content (AvgIpc) is 2.02. The maximum Gasteiger partial charge on any atom is 0.311 e. The minimum atomic E-state index is -0.577. The highest BCUT2D eigenvalue weighted by molar-refractivity contribution is 5.97. The Bertz CT molecular complexity index is 289. The molecule has 0 aromatic carbocycles. The van der Waals surface area contributed by atoms with Crippen LogP contribution in [0, 0.1) is 15.5 Å². The first kappa shape index (κ1) is 8.90. The third kappa shape index (κ3) is 1.13. The summed E-state index contributed by atoms with van der Waals surface area (Å²) in [5.74, 6) is -0.345. The summed E-state index contributed by atoms with van der Waals surface area (Å²) < 4.78 is 0. The second kappa shape index (κ2) is 2.40. The Morgan fingerprint density at radius 3 is 2.17 bits per heavy atom. The van der Waals surface area contributed by atoms with Gasteiger partial charge in [-0.3, -0.25) is 14.9 Å². The Kier molecular flexibility index (Phi) is 1.78. The third-order valence-electron chi connectivity index (χ3n) is 2.42. The number of nitro groups is 1. The molecule has 0 unspecified atom stereocenters. The summed E-state index contributed by atoms with van der Waals surface area (Å²) in [5.41, 5.74) is 0.0527. The summed E-state index contributed by atoms with van der Waals surface area (Å²) in [6, 6.07) is 0. The molecule has 4 nitrogen and oxygen atoms in total. The van der Waals surface area contributed by atoms with Crippen LogP contribution in [-0.4, -0.2) is 10.7 Å². The fourth-order valence-electron chi connectivity index (χ4n) is 1.39. The van der Waals surface area contributed by atoms with E-state index in [0.29, 0.717) is 5.57 Å². The number of carbonyl (C=O) groups is 1. The van der Waals surface area contributed by atoms with Crippen LogP contribution >= 0.6 is 0 Å². The van der Waals surface area contributed by atoms with Crippen molar-refractivity contribution in [2.24, 2.45) is 5.41 Å². The second-order valence-corrected chi connectivity index (χ2v) is 3.71. The molecule has 1 aliphatic carbocycles. The van der Waals surface area contributed by atoms with Crippen LogP contribution < -0.4 is 0 Å². The lowest BCUT2D eigenvalue weighted by Gasteiger charge is -2.15. The van der Waals surface area contributed by atoms with Gasteiger partial charge in [0, 0.05) is 12.0 Å². The standard InChI is InChI=1S/C8H11NO3/c1-5-7(9(11)12)6(10)4-8(5,2)3/h4H2,1-3H3. The van der Waals surface area contributed by atoms with Gasteiger partial charge in [0.2, 0.25) is 5.78 Å². The smallest absolute Gasteiger partial charge is 0.287 e. The number of carbonyl (C=O) groups excluding carboxylic acids is 1. The van der Waals surface area contributed by atoms with Gasteiger partial charge in [0.1, 0.15) is 0 Å². The van der Waals surface area contributed by atoms with Crippen LogP contribution in [0.3, 0.4) is 0 Å². The van der Waals surface area contributed by atoms with Crippen molar-refractivity contribution in [2.45, 2.75) is 27.2 Å². The number of ketones is 1. The van der Waals surface area contributed by atoms with Gasteiger partial charge in [0.15, 0.2) is 0 Å². The molecular weight excluding hydrogens is 158 g/mol. The van der Waals surface area contributed by atoms with Crippen molar-refractivity contribution < 1.29 is 9.72 Å². The molecule has 66 valence electrons. The summed E-state index contributed by atoms with van der Waals surface area (Å²) in [6.07, 6.45) is 0.259. The molecule has 0 heterocycles. The summed E-state index contributed by atoms with van der Waals surface area (Å²) >= 11 is 0. The molecule has 0 bridgehead atoms. The number of allylic oxidation sites excluding steroid dienone is 2. The number of Topliss-reactive ketones (excluding diaryl/α,β-unsaturated/α-hetero) is 1. The van der Waals surface area contributed by atoms with Gasteiger partial charge in [0.05, 0.1) is 4.92 Å². The van der Waals surface area contributed by atoms with Crippen LogP contribution in [0.4, 0.5) is 0 Å². The molecule has 0 N–H and O–H groups in total. The summed E-state index contributed by atoms with van der Waals surface area (Å²) in [7, 11) is 0. The largest absolute Gasteiger partial charge is 0.311 e. The van der Waals surface area contributed by atoms with Crippen molar-refractivity contribution in [1.82, 2.24) is 0 Å². The first-order chi connectivity index (χ1) is 5.36. The molecule has 1 rings (SSSR count). The molecule has 0 aliphatic heterocycles. The fraction of sp³-hybridized carbons (Fsp3) is 0.625. The van der Waals surface area contributed by atoms with Crippen LogP contribution in [0.25, 0.3) is 0 Å². The highest BCUT2D eigenvalue weighted by Gasteiger charge is 2.42. The highest BCUT2D eigenvalue weighted by atomic mass is 16.6. The maximum atomic E-state index is 11.1. The Morgan fingerprint density at radius 1 is 1.50 bits per heavy atom. The normalized spacial score (nSPS) is 21.8. The van der Waals surface area contributed by atoms with Crippen molar-refractivity contribution >= 4 is 5.78 Å². The van der Waals surface area contributed by atoms with Gasteiger partial charge in [-0.25, -0.2) is 0 Å². The predicted molar refractivity (Wildman–Crippen MR) is 43.1 cm³/mol. The molecular formula is C8H11NO3. The van der Waals surface area contributed by atoms with Crippen LogP contribution in [0.15, 0.2) is 11.3 Å². The zero-order valence-corrected chi connectivity index (χ0v) is 7.38. The molecule has 0 saturated carbocycles. The monoisotopic (exact) mass is 169 g/mol. The van der Waals surface area contributed by atoms with Gasteiger partial charge in [0.25, 0.3) is 0 Å². The van der Waals surface area contributed by atoms with Gasteiger partial charge in [-0.05, 0) is 12.3 Å². The number of hydrogen-bond acceptors (Lipinski definition) is 3. The third-order valence-corrected chi connectivity index (χ3v) is 2.42. The van der Waals surface area contributed by atoms with E-state index < -0.39 is 4.92 Å². The van der Waals surface area contributed by atoms with Crippen molar-refractivity contribution in [3.8, 4) is 0 Å². The first-order valence-corrected chi connectivity index (χ1v) is 3.75.